The Kier molecular flexibility index (Phi) is 4.77. The Morgan fingerprint density at radius 3 is 2.89 bits per heavy atom. The molecule has 0 atom stereocenters. The minimum absolute atomic E-state index is 0.252. The molecule has 100 valence electrons. The zero-order chi connectivity index (χ0) is 13.0. The second-order valence-electron chi connectivity index (χ2n) is 4.50. The van der Waals surface area contributed by atoms with E-state index in [1.54, 1.807) is 6.20 Å². The zero-order valence-electron chi connectivity index (χ0n) is 10.8. The maximum atomic E-state index is 5.96. The number of halogens is 1. The molecule has 0 unspecified atom stereocenters. The van der Waals surface area contributed by atoms with Crippen LogP contribution in [0.4, 0.5) is 5.95 Å². The molecule has 6 heteroatoms. The molecule has 1 saturated heterocycles. The molecule has 0 spiro atoms. The molecule has 0 amide bonds. The molecule has 1 fully saturated rings. The summed E-state index contributed by atoms with van der Waals surface area (Å²) in [4.78, 5) is 10.9. The van der Waals surface area contributed by atoms with Gasteiger partial charge in [-0.05, 0) is 42.7 Å². The van der Waals surface area contributed by atoms with E-state index in [2.05, 4.69) is 43.2 Å². The fourth-order valence-electron chi connectivity index (χ4n) is 1.94. The number of hydrogen-bond acceptors (Lipinski definition) is 5. The van der Waals surface area contributed by atoms with E-state index < -0.39 is 0 Å². The summed E-state index contributed by atoms with van der Waals surface area (Å²) in [5, 5.41) is 3.09. The Morgan fingerprint density at radius 2 is 2.22 bits per heavy atom. The Morgan fingerprint density at radius 1 is 1.50 bits per heavy atom. The average Bonchev–Trinajstić information content (AvgIpc) is 2.36. The molecule has 1 N–H and O–H groups in total. The van der Waals surface area contributed by atoms with Crippen molar-refractivity contribution in [2.45, 2.75) is 25.9 Å². The summed E-state index contributed by atoms with van der Waals surface area (Å²) in [5.41, 5.74) is 0. The van der Waals surface area contributed by atoms with Gasteiger partial charge in [0, 0.05) is 19.6 Å². The molecule has 1 aliphatic rings. The van der Waals surface area contributed by atoms with Crippen LogP contribution in [0.25, 0.3) is 0 Å². The van der Waals surface area contributed by atoms with Gasteiger partial charge in [0.05, 0.1) is 10.7 Å². The highest BCUT2D eigenvalue weighted by molar-refractivity contribution is 9.10. The quantitative estimate of drug-likeness (QED) is 0.922. The van der Waals surface area contributed by atoms with Crippen LogP contribution in [0.3, 0.4) is 0 Å². The predicted octanol–water partition coefficient (Wildman–Crippen LogP) is 2.14. The summed E-state index contributed by atoms with van der Waals surface area (Å²) in [6.45, 7) is 4.97. The highest BCUT2D eigenvalue weighted by Crippen LogP contribution is 2.25. The number of anilines is 1. The lowest BCUT2D eigenvalue weighted by molar-refractivity contribution is 0.109. The van der Waals surface area contributed by atoms with Crippen molar-refractivity contribution in [2.75, 3.05) is 32.0 Å². The first kappa shape index (κ1) is 13.5. The molecular weight excluding hydrogens is 296 g/mol. The first-order chi connectivity index (χ1) is 8.69. The topological polar surface area (TPSA) is 50.3 Å². The van der Waals surface area contributed by atoms with Gasteiger partial charge in [-0.25, -0.2) is 4.98 Å². The smallest absolute Gasteiger partial charge is 0.233 e. The highest BCUT2D eigenvalue weighted by atomic mass is 79.9. The van der Waals surface area contributed by atoms with E-state index >= 15 is 0 Å². The zero-order valence-corrected chi connectivity index (χ0v) is 12.4. The van der Waals surface area contributed by atoms with Gasteiger partial charge in [-0.1, -0.05) is 0 Å². The normalized spacial score (nSPS) is 17.7. The van der Waals surface area contributed by atoms with E-state index in [-0.39, 0.29) is 6.10 Å². The minimum Gasteiger partial charge on any atom is -0.473 e. The number of nitrogens with zero attached hydrogens (tertiary/aromatic N) is 3. The van der Waals surface area contributed by atoms with Gasteiger partial charge >= 0.3 is 0 Å². The van der Waals surface area contributed by atoms with Crippen LogP contribution >= 0.6 is 15.9 Å². The fourth-order valence-corrected chi connectivity index (χ4v) is 2.22. The molecule has 1 aromatic heterocycles. The molecular formula is C12H19BrN4O. The summed E-state index contributed by atoms with van der Waals surface area (Å²) >= 11 is 3.43. The Bertz CT molecular complexity index is 394. The van der Waals surface area contributed by atoms with E-state index in [1.807, 2.05) is 6.92 Å². The average molecular weight is 315 g/mol. The van der Waals surface area contributed by atoms with Crippen molar-refractivity contribution in [3.05, 3.63) is 10.7 Å². The standard InChI is InChI=1S/C12H19BrN4O/c1-3-14-12-15-8-10(13)11(16-12)18-9-4-6-17(2)7-5-9/h8-9H,3-7H2,1-2H3,(H,14,15,16). The van der Waals surface area contributed by atoms with Crippen LogP contribution in [0.1, 0.15) is 19.8 Å². The Balaban J connectivity index is 2.01. The second kappa shape index (κ2) is 6.33. The van der Waals surface area contributed by atoms with Crippen LogP contribution in [-0.4, -0.2) is 47.7 Å². The van der Waals surface area contributed by atoms with Crippen LogP contribution in [0, 0.1) is 0 Å². The minimum atomic E-state index is 0.252. The molecule has 18 heavy (non-hydrogen) atoms. The van der Waals surface area contributed by atoms with Crippen molar-refractivity contribution in [1.82, 2.24) is 14.9 Å². The molecule has 1 aliphatic heterocycles. The maximum absolute atomic E-state index is 5.96. The van der Waals surface area contributed by atoms with E-state index in [4.69, 9.17) is 4.74 Å². The van der Waals surface area contributed by atoms with E-state index in [0.29, 0.717) is 11.8 Å². The molecule has 0 saturated carbocycles. The maximum Gasteiger partial charge on any atom is 0.233 e. The van der Waals surface area contributed by atoms with Crippen molar-refractivity contribution in [2.24, 2.45) is 0 Å². The number of hydrogen-bond donors (Lipinski definition) is 1. The van der Waals surface area contributed by atoms with Gasteiger partial charge in [0.2, 0.25) is 11.8 Å². The molecule has 0 aromatic carbocycles. The van der Waals surface area contributed by atoms with E-state index in [1.165, 1.54) is 0 Å². The van der Waals surface area contributed by atoms with Gasteiger partial charge in [-0.15, -0.1) is 0 Å². The largest absolute Gasteiger partial charge is 0.473 e. The van der Waals surface area contributed by atoms with Crippen molar-refractivity contribution >= 4 is 21.9 Å². The third kappa shape index (κ3) is 3.55. The van der Waals surface area contributed by atoms with Gasteiger partial charge in [0.25, 0.3) is 0 Å². The summed E-state index contributed by atoms with van der Waals surface area (Å²) < 4.78 is 6.77. The van der Waals surface area contributed by atoms with Crippen molar-refractivity contribution in [3.63, 3.8) is 0 Å². The third-order valence-electron chi connectivity index (χ3n) is 2.99. The Labute approximate surface area is 116 Å². The van der Waals surface area contributed by atoms with E-state index in [9.17, 15) is 0 Å². The van der Waals surface area contributed by atoms with Crippen molar-refractivity contribution in [3.8, 4) is 5.88 Å². The number of piperidine rings is 1. The SMILES string of the molecule is CCNc1ncc(Br)c(OC2CCN(C)CC2)n1. The number of aromatic nitrogens is 2. The van der Waals surface area contributed by atoms with Crippen LogP contribution in [-0.2, 0) is 0 Å². The first-order valence-electron chi connectivity index (χ1n) is 6.30. The Hall–Kier alpha value is -0.880. The molecule has 2 heterocycles. The highest BCUT2D eigenvalue weighted by Gasteiger charge is 2.19. The van der Waals surface area contributed by atoms with Gasteiger partial charge in [-0.3, -0.25) is 0 Å². The molecule has 0 radical (unpaired) electrons. The number of rotatable bonds is 4. The third-order valence-corrected chi connectivity index (χ3v) is 3.53. The van der Waals surface area contributed by atoms with Gasteiger partial charge in [0.1, 0.15) is 6.10 Å². The van der Waals surface area contributed by atoms with Gasteiger partial charge in [-0.2, -0.15) is 4.98 Å². The second-order valence-corrected chi connectivity index (χ2v) is 5.35. The monoisotopic (exact) mass is 314 g/mol. The molecule has 0 aliphatic carbocycles. The molecule has 1 aromatic rings. The fraction of sp³-hybridized carbons (Fsp3) is 0.667. The van der Waals surface area contributed by atoms with E-state index in [0.717, 1.165) is 36.9 Å². The van der Waals surface area contributed by atoms with Crippen molar-refractivity contribution < 1.29 is 4.74 Å². The lowest BCUT2D eigenvalue weighted by atomic mass is 10.1. The van der Waals surface area contributed by atoms with Crippen LogP contribution in [0.5, 0.6) is 5.88 Å². The molecule has 5 nitrogen and oxygen atoms in total. The molecule has 2 rings (SSSR count). The lowest BCUT2D eigenvalue weighted by Crippen LogP contribution is -2.35. The lowest BCUT2D eigenvalue weighted by Gasteiger charge is -2.29. The first-order valence-corrected chi connectivity index (χ1v) is 7.10. The van der Waals surface area contributed by atoms with Crippen LogP contribution < -0.4 is 10.1 Å². The predicted molar refractivity (Wildman–Crippen MR) is 75.0 cm³/mol. The van der Waals surface area contributed by atoms with Crippen molar-refractivity contribution in [1.29, 1.82) is 0 Å². The molecule has 0 bridgehead atoms. The van der Waals surface area contributed by atoms with Gasteiger partial charge in [0.15, 0.2) is 0 Å². The van der Waals surface area contributed by atoms with Crippen LogP contribution in [0.15, 0.2) is 10.7 Å². The number of ether oxygens (including phenoxy) is 1. The summed E-state index contributed by atoms with van der Waals surface area (Å²) in [6, 6.07) is 0. The summed E-state index contributed by atoms with van der Waals surface area (Å²) in [6.07, 6.45) is 4.07. The van der Waals surface area contributed by atoms with Crippen LogP contribution in [0.2, 0.25) is 0 Å². The number of nitrogens with one attached hydrogen (secondary N) is 1. The summed E-state index contributed by atoms with van der Waals surface area (Å²) in [5.74, 6) is 1.25. The summed E-state index contributed by atoms with van der Waals surface area (Å²) in [7, 11) is 2.14. The van der Waals surface area contributed by atoms with Gasteiger partial charge < -0.3 is 15.0 Å². The number of likely N-dealkylation sites (tertiary alicyclic amines) is 1.